The molecule has 0 aromatic rings. The molecule has 33 heavy (non-hydrogen) atoms. The van der Waals surface area contributed by atoms with E-state index in [9.17, 15) is 24.4 Å². The summed E-state index contributed by atoms with van der Waals surface area (Å²) in [5, 5.41) is 19.4. The van der Waals surface area contributed by atoms with Crippen molar-refractivity contribution in [3.63, 3.8) is 0 Å². The first-order chi connectivity index (χ1) is 15.1. The van der Waals surface area contributed by atoms with Gasteiger partial charge in [-0.3, -0.25) is 23.2 Å². The third-order valence-corrected chi connectivity index (χ3v) is 8.50. The van der Waals surface area contributed by atoms with E-state index < -0.39 is 49.4 Å². The van der Waals surface area contributed by atoms with Crippen LogP contribution in [0.15, 0.2) is 0 Å². The van der Waals surface area contributed by atoms with E-state index in [0.717, 1.165) is 23.5 Å². The Labute approximate surface area is 206 Å². The number of aliphatic hydroxyl groups excluding tert-OH is 2. The van der Waals surface area contributed by atoms with Crippen LogP contribution in [0.2, 0.25) is 0 Å². The van der Waals surface area contributed by atoms with Crippen molar-refractivity contribution < 1.29 is 42.7 Å². The van der Waals surface area contributed by atoms with Crippen LogP contribution in [0.1, 0.15) is 41.5 Å². The highest BCUT2D eigenvalue weighted by atomic mass is 32.2. The van der Waals surface area contributed by atoms with Crippen molar-refractivity contribution in [3.8, 4) is 0 Å². The highest BCUT2D eigenvalue weighted by molar-refractivity contribution is 8.14. The summed E-state index contributed by atoms with van der Waals surface area (Å²) in [6, 6.07) is -1.00. The number of aliphatic hydroxyl groups is 2. The number of carbonyl (C=O) groups excluding carboxylic acids is 2. The van der Waals surface area contributed by atoms with E-state index in [0.29, 0.717) is 0 Å². The molecule has 0 bridgehead atoms. The third-order valence-electron chi connectivity index (χ3n) is 4.55. The summed E-state index contributed by atoms with van der Waals surface area (Å²) in [4.78, 5) is 24.1. The highest BCUT2D eigenvalue weighted by Crippen LogP contribution is 2.50. The molecule has 4 atom stereocenters. The van der Waals surface area contributed by atoms with Crippen molar-refractivity contribution in [2.24, 2.45) is 16.7 Å². The number of carbonyl (C=O) groups is 2. The van der Waals surface area contributed by atoms with Gasteiger partial charge in [0.25, 0.3) is 0 Å². The quantitative estimate of drug-likeness (QED) is 0.221. The van der Waals surface area contributed by atoms with E-state index in [1.807, 2.05) is 0 Å². The van der Waals surface area contributed by atoms with Gasteiger partial charge in [0.05, 0.1) is 38.6 Å². The molecule has 9 nitrogen and oxygen atoms in total. The lowest BCUT2D eigenvalue weighted by Crippen LogP contribution is -2.32. The Morgan fingerprint density at radius 1 is 0.970 bits per heavy atom. The van der Waals surface area contributed by atoms with Gasteiger partial charge in [0.15, 0.2) is 10.2 Å². The topological polar surface area (TPSA) is 129 Å². The van der Waals surface area contributed by atoms with Crippen molar-refractivity contribution in [2.45, 2.75) is 59.8 Å². The molecule has 2 N–H and O–H groups in total. The summed E-state index contributed by atoms with van der Waals surface area (Å²) < 4.78 is 34.7. The van der Waals surface area contributed by atoms with E-state index in [-0.39, 0.29) is 41.6 Å². The molecule has 1 aliphatic heterocycles. The lowest BCUT2D eigenvalue weighted by Gasteiger charge is -2.22. The molecule has 0 saturated carbocycles. The first kappa shape index (κ1) is 31.1. The minimum absolute atomic E-state index is 0.0343. The standard InChI is InChI=1S/C20H36BO9PS2/c1-19(2,3)17(24)32-9-7-27-31(26,28-8-10-33-18(25)20(4,5)6)29-12-14-13(11-22)15(23)16(21)30-14/h13-16,22-23H,7-12H2,1-6H3/t13-,14-,15-,16-/m1/s1. The Morgan fingerprint density at radius 3 is 1.82 bits per heavy atom. The van der Waals surface area contributed by atoms with Gasteiger partial charge in [-0.15, -0.1) is 0 Å². The third kappa shape index (κ3) is 10.7. The van der Waals surface area contributed by atoms with Crippen LogP contribution in [0, 0.1) is 16.7 Å². The van der Waals surface area contributed by atoms with Crippen molar-refractivity contribution in [3.05, 3.63) is 0 Å². The number of hydrogen-bond donors (Lipinski definition) is 2. The number of rotatable bonds is 12. The molecule has 1 saturated heterocycles. The Morgan fingerprint density at radius 2 is 1.42 bits per heavy atom. The fourth-order valence-electron chi connectivity index (χ4n) is 2.51. The van der Waals surface area contributed by atoms with Crippen molar-refractivity contribution >= 4 is 49.4 Å². The molecular formula is C20H36BO9PS2. The minimum Gasteiger partial charge on any atom is -0.396 e. The van der Waals surface area contributed by atoms with Gasteiger partial charge in [-0.05, 0) is 0 Å². The van der Waals surface area contributed by atoms with Crippen LogP contribution in [0.4, 0.5) is 0 Å². The van der Waals surface area contributed by atoms with Crippen LogP contribution in [0.25, 0.3) is 0 Å². The molecule has 0 amide bonds. The zero-order valence-electron chi connectivity index (χ0n) is 20.1. The number of phosphoric ester groups is 1. The van der Waals surface area contributed by atoms with E-state index >= 15 is 0 Å². The molecule has 0 aliphatic carbocycles. The zero-order valence-corrected chi connectivity index (χ0v) is 22.7. The van der Waals surface area contributed by atoms with Crippen LogP contribution in [0.3, 0.4) is 0 Å². The molecule has 1 fully saturated rings. The fraction of sp³-hybridized carbons (Fsp3) is 0.900. The molecule has 1 rings (SSSR count). The van der Waals surface area contributed by atoms with Gasteiger partial charge in [0.2, 0.25) is 0 Å². The van der Waals surface area contributed by atoms with Crippen LogP contribution < -0.4 is 0 Å². The molecule has 0 spiro atoms. The SMILES string of the molecule is [B][C@@H]1O[C@H](COP(=O)(OCCSC(=O)C(C)(C)C)OCCSC(=O)C(C)(C)C)[C@@H](CO)[C@H]1O. The molecule has 13 heteroatoms. The second kappa shape index (κ2) is 13.4. The average Bonchev–Trinajstić information content (AvgIpc) is 2.98. The molecule has 190 valence electrons. The van der Waals surface area contributed by atoms with Gasteiger partial charge in [-0.25, -0.2) is 4.57 Å². The first-order valence-corrected chi connectivity index (χ1v) is 14.1. The first-order valence-electron chi connectivity index (χ1n) is 10.7. The minimum atomic E-state index is -4.08. The average molecular weight is 526 g/mol. The lowest BCUT2D eigenvalue weighted by molar-refractivity contribution is -0.118. The fourth-order valence-corrected chi connectivity index (χ4v) is 5.51. The molecule has 2 radical (unpaired) electrons. The number of ether oxygens (including phenoxy) is 1. The molecule has 1 heterocycles. The summed E-state index contributed by atoms with van der Waals surface area (Å²) in [6.45, 7) is 9.96. The molecule has 0 aromatic heterocycles. The Balaban J connectivity index is 2.67. The monoisotopic (exact) mass is 526 g/mol. The van der Waals surface area contributed by atoms with E-state index in [4.69, 9.17) is 26.2 Å². The Hall–Kier alpha value is 0.0949. The Bertz CT molecular complexity index is 658. The van der Waals surface area contributed by atoms with Crippen molar-refractivity contribution in [1.29, 1.82) is 0 Å². The van der Waals surface area contributed by atoms with Crippen LogP contribution in [-0.2, 0) is 32.5 Å². The molecule has 1 aliphatic rings. The van der Waals surface area contributed by atoms with Gasteiger partial charge in [-0.2, -0.15) is 0 Å². The van der Waals surface area contributed by atoms with Crippen molar-refractivity contribution in [2.75, 3.05) is 37.9 Å². The molecular weight excluding hydrogens is 490 g/mol. The summed E-state index contributed by atoms with van der Waals surface area (Å²) in [5.41, 5.74) is -1.03. The van der Waals surface area contributed by atoms with Gasteiger partial charge >= 0.3 is 7.82 Å². The molecule has 0 aromatic carbocycles. The van der Waals surface area contributed by atoms with Gasteiger partial charge < -0.3 is 14.9 Å². The maximum Gasteiger partial charge on any atom is 0.474 e. The van der Waals surface area contributed by atoms with Gasteiger partial charge in [-0.1, -0.05) is 65.1 Å². The van der Waals surface area contributed by atoms with Gasteiger partial charge in [0.1, 0.15) is 7.85 Å². The number of thioether (sulfide) groups is 2. The summed E-state index contributed by atoms with van der Waals surface area (Å²) in [7, 11) is 1.57. The second-order valence-corrected chi connectivity index (χ2v) is 13.5. The summed E-state index contributed by atoms with van der Waals surface area (Å²) in [5.74, 6) is -0.229. The zero-order chi connectivity index (χ0) is 25.4. The van der Waals surface area contributed by atoms with Crippen LogP contribution in [-0.4, -0.2) is 84.4 Å². The smallest absolute Gasteiger partial charge is 0.396 e. The largest absolute Gasteiger partial charge is 0.474 e. The predicted octanol–water partition coefficient (Wildman–Crippen LogP) is 2.62. The highest BCUT2D eigenvalue weighted by Gasteiger charge is 2.42. The van der Waals surface area contributed by atoms with E-state index in [1.165, 1.54) is 0 Å². The van der Waals surface area contributed by atoms with Crippen LogP contribution in [0.5, 0.6) is 0 Å². The van der Waals surface area contributed by atoms with Crippen molar-refractivity contribution in [1.82, 2.24) is 0 Å². The summed E-state index contributed by atoms with van der Waals surface area (Å²) in [6.07, 6.45) is -1.90. The van der Waals surface area contributed by atoms with Crippen LogP contribution >= 0.6 is 31.3 Å². The lowest BCUT2D eigenvalue weighted by atomic mass is 9.88. The maximum absolute atomic E-state index is 13.1. The van der Waals surface area contributed by atoms with E-state index in [1.54, 1.807) is 41.5 Å². The van der Waals surface area contributed by atoms with E-state index in [2.05, 4.69) is 0 Å². The normalized spacial score (nSPS) is 24.2. The predicted molar refractivity (Wildman–Crippen MR) is 130 cm³/mol. The number of phosphoric acid groups is 1. The summed E-state index contributed by atoms with van der Waals surface area (Å²) >= 11 is 2.11. The number of hydrogen-bond acceptors (Lipinski definition) is 11. The second-order valence-electron chi connectivity index (χ2n) is 9.66. The maximum atomic E-state index is 13.1. The Kier molecular flexibility index (Phi) is 12.7. The molecule has 0 unspecified atom stereocenters. The van der Waals surface area contributed by atoms with Gasteiger partial charge in [0, 0.05) is 34.3 Å².